The predicted molar refractivity (Wildman–Crippen MR) is 129 cm³/mol. The molecule has 6 rings (SSSR count). The molecule has 0 aliphatic heterocycles. The second kappa shape index (κ2) is 7.67. The Morgan fingerprint density at radius 1 is 0.500 bits per heavy atom. The van der Waals surface area contributed by atoms with Crippen LogP contribution in [0.2, 0.25) is 0 Å². The van der Waals surface area contributed by atoms with Crippen molar-refractivity contribution in [2.45, 2.75) is 0 Å². The van der Waals surface area contributed by atoms with Gasteiger partial charge in [0, 0.05) is 52.9 Å². The van der Waals surface area contributed by atoms with E-state index in [9.17, 15) is 0 Å². The predicted octanol–water partition coefficient (Wildman–Crippen LogP) is 6.57. The lowest BCUT2D eigenvalue weighted by molar-refractivity contribution is 1.27. The van der Waals surface area contributed by atoms with E-state index in [-0.39, 0.29) is 0 Å². The van der Waals surface area contributed by atoms with Crippen LogP contribution in [-0.4, -0.2) is 19.9 Å². The van der Waals surface area contributed by atoms with E-state index in [4.69, 9.17) is 9.97 Å². The standard InChI is InChI=1S/C28H18N4/c1-2-4-24-22(3-1)18-31-28-15-21(5-6-25(24)28)23-16-26(19-7-11-29-12-8-19)32-27(17-23)20-9-13-30-14-10-20/h1-18H. The largest absolute Gasteiger partial charge is 0.265 e. The first-order valence-electron chi connectivity index (χ1n) is 10.5. The highest BCUT2D eigenvalue weighted by atomic mass is 14.7. The fourth-order valence-corrected chi connectivity index (χ4v) is 4.08. The summed E-state index contributed by atoms with van der Waals surface area (Å²) in [4.78, 5) is 17.9. The average molecular weight is 410 g/mol. The molecule has 6 aromatic rings. The quantitative estimate of drug-likeness (QED) is 0.310. The highest BCUT2D eigenvalue weighted by Crippen LogP contribution is 2.32. The molecule has 0 aliphatic carbocycles. The van der Waals surface area contributed by atoms with Crippen molar-refractivity contribution in [3.63, 3.8) is 0 Å². The van der Waals surface area contributed by atoms with E-state index in [1.807, 2.05) is 36.5 Å². The van der Waals surface area contributed by atoms with Crippen molar-refractivity contribution in [3.8, 4) is 33.6 Å². The van der Waals surface area contributed by atoms with Crippen LogP contribution in [0.1, 0.15) is 0 Å². The van der Waals surface area contributed by atoms with E-state index in [0.717, 1.165) is 49.9 Å². The molecule has 0 fully saturated rings. The minimum atomic E-state index is 0.906. The third-order valence-electron chi connectivity index (χ3n) is 5.70. The highest BCUT2D eigenvalue weighted by molar-refractivity contribution is 6.06. The van der Waals surface area contributed by atoms with Crippen molar-refractivity contribution < 1.29 is 0 Å². The lowest BCUT2D eigenvalue weighted by Crippen LogP contribution is -1.92. The van der Waals surface area contributed by atoms with Gasteiger partial charge in [0.05, 0.1) is 16.9 Å². The molecule has 0 aliphatic rings. The molecule has 0 amide bonds. The zero-order valence-corrected chi connectivity index (χ0v) is 17.2. The molecule has 0 saturated carbocycles. The molecule has 0 atom stereocenters. The number of benzene rings is 2. The number of hydrogen-bond acceptors (Lipinski definition) is 4. The van der Waals surface area contributed by atoms with Crippen LogP contribution in [0.15, 0.2) is 110 Å². The first-order valence-corrected chi connectivity index (χ1v) is 10.5. The van der Waals surface area contributed by atoms with Gasteiger partial charge in [0.2, 0.25) is 0 Å². The molecule has 4 heterocycles. The molecule has 4 heteroatoms. The van der Waals surface area contributed by atoms with Gasteiger partial charge in [0.25, 0.3) is 0 Å². The van der Waals surface area contributed by atoms with Gasteiger partial charge in [-0.3, -0.25) is 15.0 Å². The summed E-state index contributed by atoms with van der Waals surface area (Å²) in [6.45, 7) is 0. The van der Waals surface area contributed by atoms with Crippen molar-refractivity contribution in [2.24, 2.45) is 0 Å². The minimum absolute atomic E-state index is 0.906. The lowest BCUT2D eigenvalue weighted by Gasteiger charge is -2.11. The maximum absolute atomic E-state index is 4.93. The van der Waals surface area contributed by atoms with Crippen LogP contribution in [0.4, 0.5) is 0 Å². The molecule has 0 unspecified atom stereocenters. The second-order valence-corrected chi connectivity index (χ2v) is 7.68. The van der Waals surface area contributed by atoms with Gasteiger partial charge in [0.1, 0.15) is 0 Å². The summed E-state index contributed by atoms with van der Waals surface area (Å²) < 4.78 is 0. The highest BCUT2D eigenvalue weighted by Gasteiger charge is 2.10. The van der Waals surface area contributed by atoms with Crippen molar-refractivity contribution in [2.75, 3.05) is 0 Å². The van der Waals surface area contributed by atoms with E-state index in [1.165, 1.54) is 5.39 Å². The van der Waals surface area contributed by atoms with Crippen LogP contribution in [0.25, 0.3) is 55.3 Å². The Morgan fingerprint density at radius 2 is 1.16 bits per heavy atom. The molecule has 0 saturated heterocycles. The molecular weight excluding hydrogens is 392 g/mol. The number of fused-ring (bicyclic) bond motifs is 3. The molecule has 150 valence electrons. The van der Waals surface area contributed by atoms with Crippen molar-refractivity contribution in [1.82, 2.24) is 19.9 Å². The molecule has 2 aromatic carbocycles. The van der Waals surface area contributed by atoms with Gasteiger partial charge < -0.3 is 0 Å². The average Bonchev–Trinajstić information content (AvgIpc) is 2.89. The van der Waals surface area contributed by atoms with Crippen LogP contribution in [0.5, 0.6) is 0 Å². The van der Waals surface area contributed by atoms with Crippen molar-refractivity contribution in [3.05, 3.63) is 110 Å². The van der Waals surface area contributed by atoms with E-state index < -0.39 is 0 Å². The summed E-state index contributed by atoms with van der Waals surface area (Å²) in [6, 6.07) is 27.0. The van der Waals surface area contributed by atoms with Crippen LogP contribution in [0.3, 0.4) is 0 Å². The lowest BCUT2D eigenvalue weighted by atomic mass is 9.98. The Morgan fingerprint density at radius 3 is 1.84 bits per heavy atom. The number of pyridine rings is 4. The van der Waals surface area contributed by atoms with Gasteiger partial charge in [-0.2, -0.15) is 0 Å². The van der Waals surface area contributed by atoms with Gasteiger partial charge in [0.15, 0.2) is 0 Å². The maximum atomic E-state index is 4.93. The van der Waals surface area contributed by atoms with E-state index >= 15 is 0 Å². The van der Waals surface area contributed by atoms with E-state index in [2.05, 4.69) is 58.5 Å². The van der Waals surface area contributed by atoms with Crippen LogP contribution in [0, 0.1) is 0 Å². The Kier molecular flexibility index (Phi) is 4.40. The Bertz CT molecular complexity index is 1500. The Balaban J connectivity index is 1.55. The summed E-state index contributed by atoms with van der Waals surface area (Å²) in [6.07, 6.45) is 9.11. The second-order valence-electron chi connectivity index (χ2n) is 7.68. The first-order chi connectivity index (χ1) is 15.8. The third-order valence-corrected chi connectivity index (χ3v) is 5.70. The minimum Gasteiger partial charge on any atom is -0.265 e. The molecule has 32 heavy (non-hydrogen) atoms. The number of nitrogens with zero attached hydrogens (tertiary/aromatic N) is 4. The topological polar surface area (TPSA) is 51.6 Å². The summed E-state index contributed by atoms with van der Waals surface area (Å²) in [7, 11) is 0. The van der Waals surface area contributed by atoms with Crippen LogP contribution in [-0.2, 0) is 0 Å². The normalized spacial score (nSPS) is 11.1. The Hall–Kier alpha value is -4.44. The van der Waals surface area contributed by atoms with Crippen molar-refractivity contribution >= 4 is 21.7 Å². The smallest absolute Gasteiger partial charge is 0.0716 e. The number of aromatic nitrogens is 4. The fraction of sp³-hybridized carbons (Fsp3) is 0. The molecule has 0 N–H and O–H groups in total. The molecule has 0 radical (unpaired) electrons. The van der Waals surface area contributed by atoms with Gasteiger partial charge in [-0.15, -0.1) is 0 Å². The monoisotopic (exact) mass is 410 g/mol. The third kappa shape index (κ3) is 3.28. The summed E-state index contributed by atoms with van der Waals surface area (Å²) in [5.41, 5.74) is 7.05. The molecule has 0 bridgehead atoms. The van der Waals surface area contributed by atoms with E-state index in [0.29, 0.717) is 0 Å². The zero-order valence-electron chi connectivity index (χ0n) is 17.2. The SMILES string of the molecule is c1ccc2c(c1)cnc1cc(-c3cc(-c4ccncc4)nc(-c4ccncc4)c3)ccc12. The molecule has 4 aromatic heterocycles. The number of hydrogen-bond donors (Lipinski definition) is 0. The zero-order chi connectivity index (χ0) is 21.3. The molecule has 4 nitrogen and oxygen atoms in total. The maximum Gasteiger partial charge on any atom is 0.0716 e. The molecular formula is C28H18N4. The van der Waals surface area contributed by atoms with Gasteiger partial charge >= 0.3 is 0 Å². The summed E-state index contributed by atoms with van der Waals surface area (Å²) in [5.74, 6) is 0. The summed E-state index contributed by atoms with van der Waals surface area (Å²) in [5, 5.41) is 3.52. The Labute approximate surface area is 185 Å². The summed E-state index contributed by atoms with van der Waals surface area (Å²) >= 11 is 0. The van der Waals surface area contributed by atoms with Crippen molar-refractivity contribution in [1.29, 1.82) is 0 Å². The van der Waals surface area contributed by atoms with E-state index in [1.54, 1.807) is 24.8 Å². The fourth-order valence-electron chi connectivity index (χ4n) is 4.08. The van der Waals surface area contributed by atoms with Gasteiger partial charge in [-0.05, 0) is 59.0 Å². The van der Waals surface area contributed by atoms with Gasteiger partial charge in [-0.25, -0.2) is 4.98 Å². The number of rotatable bonds is 3. The first kappa shape index (κ1) is 18.3. The van der Waals surface area contributed by atoms with Crippen LogP contribution < -0.4 is 0 Å². The van der Waals surface area contributed by atoms with Crippen LogP contribution >= 0.6 is 0 Å². The van der Waals surface area contributed by atoms with Gasteiger partial charge in [-0.1, -0.05) is 36.4 Å². The molecule has 0 spiro atoms.